The van der Waals surface area contributed by atoms with Crippen molar-refractivity contribution in [3.05, 3.63) is 35.9 Å². The number of likely N-dealkylation sites (tertiary alicyclic amines) is 1. The minimum atomic E-state index is -0.0857. The van der Waals surface area contributed by atoms with Gasteiger partial charge in [-0.2, -0.15) is 0 Å². The molecule has 1 aliphatic heterocycles. The third kappa shape index (κ3) is 5.16. The highest BCUT2D eigenvalue weighted by atomic mass is 16.5. The summed E-state index contributed by atoms with van der Waals surface area (Å²) in [7, 11) is 0. The van der Waals surface area contributed by atoms with Crippen molar-refractivity contribution in [2.45, 2.75) is 39.7 Å². The maximum Gasteiger partial charge on any atom is 0.310 e. The first-order valence-corrected chi connectivity index (χ1v) is 8.12. The average molecular weight is 289 g/mol. The lowest BCUT2D eigenvalue weighted by Crippen LogP contribution is -2.39. The molecule has 1 heterocycles. The van der Waals surface area contributed by atoms with Gasteiger partial charge in [0.25, 0.3) is 0 Å². The van der Waals surface area contributed by atoms with Crippen LogP contribution in [0.4, 0.5) is 0 Å². The van der Waals surface area contributed by atoms with Crippen molar-refractivity contribution >= 4 is 5.97 Å². The molecule has 0 aliphatic carbocycles. The average Bonchev–Trinajstić information content (AvgIpc) is 2.53. The molecule has 1 aromatic rings. The van der Waals surface area contributed by atoms with Gasteiger partial charge in [-0.3, -0.25) is 4.79 Å². The molecule has 1 aromatic carbocycles. The summed E-state index contributed by atoms with van der Waals surface area (Å²) >= 11 is 0. The zero-order valence-corrected chi connectivity index (χ0v) is 13.3. The smallest absolute Gasteiger partial charge is 0.310 e. The summed E-state index contributed by atoms with van der Waals surface area (Å²) in [6, 6.07) is 9.85. The van der Waals surface area contributed by atoms with E-state index in [1.807, 2.05) is 37.3 Å². The number of hydrogen-bond acceptors (Lipinski definition) is 3. The van der Waals surface area contributed by atoms with Gasteiger partial charge < -0.3 is 9.64 Å². The Balaban J connectivity index is 1.74. The van der Waals surface area contributed by atoms with Crippen molar-refractivity contribution in [1.82, 2.24) is 4.90 Å². The van der Waals surface area contributed by atoms with Gasteiger partial charge in [0.15, 0.2) is 0 Å². The third-order valence-electron chi connectivity index (χ3n) is 4.34. The van der Waals surface area contributed by atoms with E-state index in [2.05, 4.69) is 11.8 Å². The minimum Gasteiger partial charge on any atom is -0.461 e. The minimum absolute atomic E-state index is 0.0516. The lowest BCUT2D eigenvalue weighted by atomic mass is 9.95. The lowest BCUT2D eigenvalue weighted by Gasteiger charge is -2.33. The van der Waals surface area contributed by atoms with Crippen molar-refractivity contribution in [1.29, 1.82) is 0 Å². The zero-order valence-electron chi connectivity index (χ0n) is 13.3. The van der Waals surface area contributed by atoms with Crippen LogP contribution in [0.25, 0.3) is 0 Å². The Bertz CT molecular complexity index is 432. The molecular formula is C18H27NO2. The van der Waals surface area contributed by atoms with Crippen molar-refractivity contribution < 1.29 is 9.53 Å². The summed E-state index contributed by atoms with van der Waals surface area (Å²) in [5.74, 6) is 0.660. The summed E-state index contributed by atoms with van der Waals surface area (Å²) in [5.41, 5.74) is 1.04. The van der Waals surface area contributed by atoms with Crippen LogP contribution >= 0.6 is 0 Å². The summed E-state index contributed by atoms with van der Waals surface area (Å²) in [4.78, 5) is 14.5. The maximum absolute atomic E-state index is 12.1. The van der Waals surface area contributed by atoms with E-state index in [1.165, 1.54) is 19.3 Å². The fourth-order valence-corrected chi connectivity index (χ4v) is 2.98. The van der Waals surface area contributed by atoms with Gasteiger partial charge in [-0.25, -0.2) is 0 Å². The second-order valence-electron chi connectivity index (χ2n) is 6.17. The van der Waals surface area contributed by atoms with E-state index in [-0.39, 0.29) is 11.9 Å². The number of rotatable bonds is 6. The summed E-state index contributed by atoms with van der Waals surface area (Å²) in [5, 5.41) is 0. The highest BCUT2D eigenvalue weighted by Crippen LogP contribution is 2.20. The van der Waals surface area contributed by atoms with E-state index >= 15 is 0 Å². The van der Waals surface area contributed by atoms with E-state index in [1.54, 1.807) is 0 Å². The number of benzene rings is 1. The number of piperidine rings is 1. The van der Waals surface area contributed by atoms with E-state index in [0.717, 1.165) is 31.1 Å². The number of hydrogen-bond donors (Lipinski definition) is 0. The molecule has 3 nitrogen and oxygen atoms in total. The molecule has 2 atom stereocenters. The number of esters is 1. The molecular weight excluding hydrogens is 262 g/mol. The van der Waals surface area contributed by atoms with E-state index in [9.17, 15) is 4.79 Å². The highest BCUT2D eigenvalue weighted by molar-refractivity contribution is 5.72. The van der Waals surface area contributed by atoms with Crippen LogP contribution < -0.4 is 0 Å². The normalized spacial score (nSPS) is 21.0. The van der Waals surface area contributed by atoms with Gasteiger partial charge in [0, 0.05) is 13.1 Å². The van der Waals surface area contributed by atoms with Gasteiger partial charge in [-0.15, -0.1) is 0 Å². The zero-order chi connectivity index (χ0) is 15.1. The van der Waals surface area contributed by atoms with Crippen LogP contribution in [0.3, 0.4) is 0 Å². The molecule has 0 radical (unpaired) electrons. The molecule has 1 fully saturated rings. The van der Waals surface area contributed by atoms with Gasteiger partial charge in [0.1, 0.15) is 6.61 Å². The summed E-state index contributed by atoms with van der Waals surface area (Å²) < 4.78 is 5.42. The molecule has 1 aliphatic rings. The van der Waals surface area contributed by atoms with Crippen LogP contribution in [0, 0.1) is 11.8 Å². The Labute approximate surface area is 128 Å². The van der Waals surface area contributed by atoms with Crippen LogP contribution in [-0.2, 0) is 16.1 Å². The standard InChI is InChI=1S/C18H27NO2/c1-3-16-10-7-11-19(13-16)12-15(2)18(20)21-14-17-8-5-4-6-9-17/h4-6,8-9,15-16H,3,7,10-14H2,1-2H3. The van der Waals surface area contributed by atoms with Crippen molar-refractivity contribution in [3.8, 4) is 0 Å². The Morgan fingerprint density at radius 1 is 1.38 bits per heavy atom. The fraction of sp³-hybridized carbons (Fsp3) is 0.611. The van der Waals surface area contributed by atoms with E-state index in [0.29, 0.717) is 6.61 Å². The Morgan fingerprint density at radius 3 is 2.86 bits per heavy atom. The first-order chi connectivity index (χ1) is 10.2. The summed E-state index contributed by atoms with van der Waals surface area (Å²) in [6.07, 6.45) is 3.83. The Hall–Kier alpha value is -1.35. The second kappa shape index (κ2) is 8.18. The Kier molecular flexibility index (Phi) is 6.24. The molecule has 1 saturated heterocycles. The van der Waals surface area contributed by atoms with Crippen molar-refractivity contribution in [2.24, 2.45) is 11.8 Å². The van der Waals surface area contributed by atoms with E-state index < -0.39 is 0 Å². The van der Waals surface area contributed by atoms with Crippen LogP contribution in [-0.4, -0.2) is 30.5 Å². The van der Waals surface area contributed by atoms with Crippen LogP contribution in [0.5, 0.6) is 0 Å². The molecule has 0 amide bonds. The van der Waals surface area contributed by atoms with E-state index in [4.69, 9.17) is 4.74 Å². The first-order valence-electron chi connectivity index (χ1n) is 8.12. The largest absolute Gasteiger partial charge is 0.461 e. The highest BCUT2D eigenvalue weighted by Gasteiger charge is 2.23. The van der Waals surface area contributed by atoms with Crippen LogP contribution in [0.2, 0.25) is 0 Å². The molecule has 3 heteroatoms. The van der Waals surface area contributed by atoms with Crippen LogP contribution in [0.15, 0.2) is 30.3 Å². The number of carbonyl (C=O) groups excluding carboxylic acids is 1. The molecule has 0 saturated carbocycles. The van der Waals surface area contributed by atoms with Crippen molar-refractivity contribution in [2.75, 3.05) is 19.6 Å². The fourth-order valence-electron chi connectivity index (χ4n) is 2.98. The number of ether oxygens (including phenoxy) is 1. The molecule has 21 heavy (non-hydrogen) atoms. The lowest BCUT2D eigenvalue weighted by molar-refractivity contribution is -0.150. The first kappa shape index (κ1) is 16.0. The van der Waals surface area contributed by atoms with Gasteiger partial charge in [0.05, 0.1) is 5.92 Å². The van der Waals surface area contributed by atoms with Crippen LogP contribution in [0.1, 0.15) is 38.7 Å². The molecule has 0 N–H and O–H groups in total. The van der Waals surface area contributed by atoms with Crippen molar-refractivity contribution in [3.63, 3.8) is 0 Å². The second-order valence-corrected chi connectivity index (χ2v) is 6.17. The number of nitrogens with zero attached hydrogens (tertiary/aromatic N) is 1. The molecule has 0 bridgehead atoms. The van der Waals surface area contributed by atoms with Gasteiger partial charge >= 0.3 is 5.97 Å². The molecule has 116 valence electrons. The third-order valence-corrected chi connectivity index (χ3v) is 4.34. The summed E-state index contributed by atoms with van der Waals surface area (Å²) in [6.45, 7) is 7.68. The topological polar surface area (TPSA) is 29.5 Å². The van der Waals surface area contributed by atoms with Gasteiger partial charge in [-0.05, 0) is 30.9 Å². The number of carbonyl (C=O) groups is 1. The molecule has 0 spiro atoms. The molecule has 2 rings (SSSR count). The predicted octanol–water partition coefficient (Wildman–Crippen LogP) is 3.49. The monoisotopic (exact) mass is 289 g/mol. The molecule has 0 aromatic heterocycles. The predicted molar refractivity (Wildman–Crippen MR) is 84.9 cm³/mol. The molecule has 2 unspecified atom stereocenters. The quantitative estimate of drug-likeness (QED) is 0.751. The van der Waals surface area contributed by atoms with Gasteiger partial charge in [0.2, 0.25) is 0 Å². The Morgan fingerprint density at radius 2 is 2.14 bits per heavy atom. The SMILES string of the molecule is CCC1CCCN(CC(C)C(=O)OCc2ccccc2)C1. The van der Waals surface area contributed by atoms with Gasteiger partial charge in [-0.1, -0.05) is 50.6 Å². The maximum atomic E-state index is 12.1.